The van der Waals surface area contributed by atoms with Gasteiger partial charge in [0.2, 0.25) is 5.91 Å². The van der Waals surface area contributed by atoms with Gasteiger partial charge in [-0.3, -0.25) is 14.2 Å². The summed E-state index contributed by atoms with van der Waals surface area (Å²) in [5, 5.41) is 25.0. The van der Waals surface area contributed by atoms with Gasteiger partial charge in [0.05, 0.1) is 44.0 Å². The molecule has 1 saturated heterocycles. The van der Waals surface area contributed by atoms with Gasteiger partial charge >= 0.3 is 5.69 Å². The Morgan fingerprint density at radius 2 is 1.83 bits per heavy atom. The Morgan fingerprint density at radius 1 is 1.17 bits per heavy atom. The number of fused-ring (bicyclic) bond motifs is 1. The van der Waals surface area contributed by atoms with E-state index in [2.05, 4.69) is 10.2 Å². The van der Waals surface area contributed by atoms with Crippen molar-refractivity contribution in [3.05, 3.63) is 68.6 Å². The molecular weight excluding hydrogens is 558 g/mol. The number of amides is 1. The quantitative estimate of drug-likeness (QED) is 0.328. The van der Waals surface area contributed by atoms with Crippen LogP contribution in [0.2, 0.25) is 0 Å². The molecule has 1 aliphatic heterocycles. The molecule has 13 heteroatoms. The fourth-order valence-electron chi connectivity index (χ4n) is 5.13. The van der Waals surface area contributed by atoms with E-state index in [9.17, 15) is 14.4 Å². The first-order valence-corrected chi connectivity index (χ1v) is 14.5. The lowest BCUT2D eigenvalue weighted by Gasteiger charge is -2.31. The molecule has 0 saturated carbocycles. The summed E-state index contributed by atoms with van der Waals surface area (Å²) in [7, 11) is 1.61. The number of carbonyl (C=O) groups is 1. The smallest absolute Gasteiger partial charge is 0.333 e. The molecule has 4 aromatic rings. The Kier molecular flexibility index (Phi) is 9.59. The monoisotopic (exact) mass is 593 g/mol. The second-order valence-corrected chi connectivity index (χ2v) is 11.3. The molecule has 0 unspecified atom stereocenters. The molecule has 0 spiro atoms. The molecule has 1 aromatic carbocycles. The minimum Gasteiger partial charge on any atom is -0.496 e. The zero-order chi connectivity index (χ0) is 30.4. The van der Waals surface area contributed by atoms with E-state index in [0.29, 0.717) is 46.8 Å². The van der Waals surface area contributed by atoms with Gasteiger partial charge in [-0.05, 0) is 51.7 Å². The molecule has 1 amide bonds. The second-order valence-electron chi connectivity index (χ2n) is 10.4. The summed E-state index contributed by atoms with van der Waals surface area (Å²) in [6, 6.07) is 9.42. The van der Waals surface area contributed by atoms with Gasteiger partial charge in [-0.2, -0.15) is 15.5 Å². The van der Waals surface area contributed by atoms with E-state index in [1.54, 1.807) is 48.9 Å². The number of aliphatic hydroxyl groups is 1. The largest absolute Gasteiger partial charge is 0.496 e. The number of carbonyl (C=O) groups excluding carboxylic acids is 1. The highest BCUT2D eigenvalue weighted by atomic mass is 32.1. The van der Waals surface area contributed by atoms with Crippen molar-refractivity contribution in [2.24, 2.45) is 0 Å². The van der Waals surface area contributed by atoms with Gasteiger partial charge in [-0.25, -0.2) is 9.36 Å². The predicted molar refractivity (Wildman–Crippen MR) is 159 cm³/mol. The molecule has 0 bridgehead atoms. The maximum atomic E-state index is 14.0. The first kappa shape index (κ1) is 30.7. The molecule has 12 nitrogen and oxygen atoms in total. The molecule has 1 fully saturated rings. The van der Waals surface area contributed by atoms with E-state index in [1.165, 1.54) is 16.1 Å². The lowest BCUT2D eigenvalue weighted by atomic mass is 10.0. The van der Waals surface area contributed by atoms with Crippen molar-refractivity contribution in [3.63, 3.8) is 0 Å². The minimum atomic E-state index is -1.35. The normalized spacial score (nSPS) is 13.1. The molecular formula is C29H35N7O5S. The number of nitrogens with zero attached hydrogens (tertiary/aromatic N) is 7. The summed E-state index contributed by atoms with van der Waals surface area (Å²) < 4.78 is 8.24. The molecule has 3 aromatic heterocycles. The predicted octanol–water partition coefficient (Wildman–Crippen LogP) is 2.62. The minimum absolute atomic E-state index is 0.0174. The Morgan fingerprint density at radius 3 is 2.43 bits per heavy atom. The maximum absolute atomic E-state index is 14.0. The summed E-state index contributed by atoms with van der Waals surface area (Å²) in [5.41, 5.74) is -0.718. The van der Waals surface area contributed by atoms with Crippen LogP contribution in [0.4, 0.5) is 0 Å². The van der Waals surface area contributed by atoms with Crippen molar-refractivity contribution in [3.8, 4) is 16.8 Å². The summed E-state index contributed by atoms with van der Waals surface area (Å²) in [6.45, 7) is 6.69. The lowest BCUT2D eigenvalue weighted by molar-refractivity contribution is -0.138. The number of aromatic nitrogens is 5. The van der Waals surface area contributed by atoms with E-state index in [1.807, 2.05) is 31.2 Å². The number of benzene rings is 1. The molecule has 0 aliphatic carbocycles. The van der Waals surface area contributed by atoms with Crippen LogP contribution in [-0.2, 0) is 23.3 Å². The van der Waals surface area contributed by atoms with Gasteiger partial charge in [0.15, 0.2) is 0 Å². The average Bonchev–Trinajstić information content (AvgIpc) is 3.75. The summed E-state index contributed by atoms with van der Waals surface area (Å²) in [6.07, 6.45) is 5.72. The summed E-state index contributed by atoms with van der Waals surface area (Å²) >= 11 is 1.30. The van der Waals surface area contributed by atoms with Crippen molar-refractivity contribution in [2.45, 2.75) is 58.5 Å². The molecule has 0 radical (unpaired) electrons. The molecule has 1 aliphatic rings. The number of hydrogen-bond donors (Lipinski definition) is 1. The standard InChI is InChI=1S/C26H30N6O4S.C3H5NO/c1-17-20-21(33)31(26(2,3)24(34)29-14-7-8-15-29)25(35)30(16-11-18-9-5-6-10-19(18)36-4)23(20)37-22(17)32-27-12-13-28-32;4-2-1-3-5/h5-6,9-10,12-13H,7-8,11,14-16H2,1-4H3;5H,1,3H2. The Bertz CT molecular complexity index is 1710. The van der Waals surface area contributed by atoms with E-state index < -0.39 is 16.8 Å². The third-order valence-corrected chi connectivity index (χ3v) is 8.56. The summed E-state index contributed by atoms with van der Waals surface area (Å²) in [5.74, 6) is 0.509. The fraction of sp³-hybridized carbons (Fsp3) is 0.448. The fourth-order valence-corrected chi connectivity index (χ4v) is 6.37. The van der Waals surface area contributed by atoms with Gasteiger partial charge < -0.3 is 14.7 Å². The highest BCUT2D eigenvalue weighted by Crippen LogP contribution is 2.31. The van der Waals surface area contributed by atoms with E-state index in [4.69, 9.17) is 15.1 Å². The third kappa shape index (κ3) is 5.86. The SMILES string of the molecule is COc1ccccc1CCn1c(=O)n(C(C)(C)C(=O)N2CCCC2)c(=O)c2c(C)c(-n3nccn3)sc21.N#CCCO. The van der Waals surface area contributed by atoms with Crippen LogP contribution in [0.25, 0.3) is 15.2 Å². The number of aliphatic hydroxyl groups excluding tert-OH is 1. The number of para-hydroxylation sites is 1. The Balaban J connectivity index is 0.000000748. The van der Waals surface area contributed by atoms with Crippen LogP contribution in [0.15, 0.2) is 46.2 Å². The average molecular weight is 594 g/mol. The molecule has 5 rings (SSSR count). The Hall–Kier alpha value is -4.28. The number of likely N-dealkylation sites (tertiary alicyclic amines) is 1. The first-order chi connectivity index (χ1) is 20.2. The van der Waals surface area contributed by atoms with Gasteiger partial charge in [-0.15, -0.1) is 4.80 Å². The van der Waals surface area contributed by atoms with Crippen LogP contribution in [0.5, 0.6) is 5.75 Å². The van der Waals surface area contributed by atoms with Gasteiger partial charge in [-0.1, -0.05) is 29.5 Å². The molecule has 0 atom stereocenters. The van der Waals surface area contributed by atoms with Crippen molar-refractivity contribution < 1.29 is 14.6 Å². The van der Waals surface area contributed by atoms with Crippen LogP contribution in [0, 0.1) is 18.3 Å². The van der Waals surface area contributed by atoms with Crippen LogP contribution in [-0.4, -0.2) is 66.8 Å². The number of aryl methyl sites for hydroxylation is 3. The number of thiophene rings is 1. The van der Waals surface area contributed by atoms with Crippen LogP contribution in [0.3, 0.4) is 0 Å². The number of methoxy groups -OCH3 is 1. The Labute approximate surface area is 247 Å². The van der Waals surface area contributed by atoms with Crippen molar-refractivity contribution in [1.82, 2.24) is 29.0 Å². The van der Waals surface area contributed by atoms with Crippen LogP contribution in [0.1, 0.15) is 44.2 Å². The van der Waals surface area contributed by atoms with Gasteiger partial charge in [0.1, 0.15) is 21.1 Å². The highest BCUT2D eigenvalue weighted by Gasteiger charge is 2.39. The van der Waals surface area contributed by atoms with Gasteiger partial charge in [0, 0.05) is 25.2 Å². The molecule has 222 valence electrons. The van der Waals surface area contributed by atoms with Crippen molar-refractivity contribution in [1.29, 1.82) is 5.26 Å². The van der Waals surface area contributed by atoms with E-state index in [0.717, 1.165) is 28.7 Å². The molecule has 4 heterocycles. The third-order valence-electron chi connectivity index (χ3n) is 7.28. The van der Waals surface area contributed by atoms with E-state index >= 15 is 0 Å². The first-order valence-electron chi connectivity index (χ1n) is 13.7. The summed E-state index contributed by atoms with van der Waals surface area (Å²) in [4.78, 5) is 45.3. The number of rotatable bonds is 8. The van der Waals surface area contributed by atoms with Crippen molar-refractivity contribution in [2.75, 3.05) is 26.8 Å². The molecule has 42 heavy (non-hydrogen) atoms. The zero-order valence-electron chi connectivity index (χ0n) is 24.2. The second kappa shape index (κ2) is 13.1. The van der Waals surface area contributed by atoms with Crippen LogP contribution < -0.4 is 16.0 Å². The topological polar surface area (TPSA) is 148 Å². The van der Waals surface area contributed by atoms with E-state index in [-0.39, 0.29) is 18.9 Å². The number of hydrogen-bond acceptors (Lipinski definition) is 9. The van der Waals surface area contributed by atoms with Gasteiger partial charge in [0.25, 0.3) is 5.56 Å². The maximum Gasteiger partial charge on any atom is 0.333 e. The highest BCUT2D eigenvalue weighted by molar-refractivity contribution is 7.21. The number of nitriles is 1. The van der Waals surface area contributed by atoms with Crippen molar-refractivity contribution >= 4 is 27.5 Å². The number of ether oxygens (including phenoxy) is 1. The lowest BCUT2D eigenvalue weighted by Crippen LogP contribution is -2.56. The zero-order valence-corrected chi connectivity index (χ0v) is 25.1. The van der Waals surface area contributed by atoms with Crippen LogP contribution >= 0.6 is 11.3 Å². The molecule has 1 N–H and O–H groups in total.